The van der Waals surface area contributed by atoms with Gasteiger partial charge in [0.15, 0.2) is 0 Å². The van der Waals surface area contributed by atoms with E-state index in [4.69, 9.17) is 0 Å². The van der Waals surface area contributed by atoms with Gasteiger partial charge >= 0.3 is 0 Å². The van der Waals surface area contributed by atoms with Crippen LogP contribution in [0.4, 0.5) is 5.69 Å². The fourth-order valence-electron chi connectivity index (χ4n) is 7.08. The van der Waals surface area contributed by atoms with Crippen molar-refractivity contribution in [1.29, 1.82) is 0 Å². The highest BCUT2D eigenvalue weighted by Gasteiger charge is 2.67. The van der Waals surface area contributed by atoms with Gasteiger partial charge in [0.05, 0.1) is 5.41 Å². The first-order chi connectivity index (χ1) is 17.0. The fraction of sp³-hybridized carbons (Fsp3) is 0.500. The molecule has 2 aliphatic carbocycles. The number of nitrogens with one attached hydrogen (secondary N) is 3. The third-order valence-corrected chi connectivity index (χ3v) is 9.03. The van der Waals surface area contributed by atoms with Crippen LogP contribution in [0, 0.1) is 17.8 Å². The van der Waals surface area contributed by atoms with E-state index in [-0.39, 0.29) is 11.3 Å². The van der Waals surface area contributed by atoms with Crippen molar-refractivity contribution < 1.29 is 4.79 Å². The Balaban J connectivity index is 1.10. The second-order valence-corrected chi connectivity index (χ2v) is 11.5. The Morgan fingerprint density at radius 1 is 1.06 bits per heavy atom. The number of anilines is 1. The highest BCUT2D eigenvalue weighted by molar-refractivity contribution is 6.09. The molecule has 5 unspecified atom stereocenters. The summed E-state index contributed by atoms with van der Waals surface area (Å²) in [5, 5.41) is 3.19. The van der Waals surface area contributed by atoms with Crippen molar-refractivity contribution in [3.05, 3.63) is 70.8 Å². The van der Waals surface area contributed by atoms with Gasteiger partial charge < -0.3 is 10.2 Å². The van der Waals surface area contributed by atoms with Crippen molar-refractivity contribution in [3.63, 3.8) is 0 Å². The number of fused-ring (bicyclic) bond motifs is 3. The standard InChI is InChI=1S/C30H38N4O/c1-4-19-9-14-27-24(15-19)30(29(35)31-27)17-25(30)22-11-12-23-26(32-33-28(23)16-22)13-10-20-5-7-21(8-6-20)18-34(2)3/h5-10,13-15,22-23,25-26,28,32-33H,4,11-12,16-18H2,1-3H3,(H,31,35)/b13-10+/t22?,23?,25?,26?,28?,30-/m0/s1. The van der Waals surface area contributed by atoms with Crippen LogP contribution in [0.2, 0.25) is 0 Å². The Bertz CT molecular complexity index is 1140. The van der Waals surface area contributed by atoms with Gasteiger partial charge in [0.2, 0.25) is 5.91 Å². The minimum Gasteiger partial charge on any atom is -0.325 e. The predicted octanol–water partition coefficient (Wildman–Crippen LogP) is 4.50. The van der Waals surface area contributed by atoms with E-state index in [0.717, 1.165) is 31.5 Å². The maximum absolute atomic E-state index is 13.1. The zero-order valence-corrected chi connectivity index (χ0v) is 21.2. The summed E-state index contributed by atoms with van der Waals surface area (Å²) in [6.45, 7) is 3.16. The fourth-order valence-corrected chi connectivity index (χ4v) is 7.08. The molecule has 35 heavy (non-hydrogen) atoms. The number of amides is 1. The lowest BCUT2D eigenvalue weighted by atomic mass is 9.73. The molecule has 5 heteroatoms. The molecule has 2 heterocycles. The molecule has 6 atom stereocenters. The molecule has 3 fully saturated rings. The second-order valence-electron chi connectivity index (χ2n) is 11.5. The number of nitrogens with zero attached hydrogens (tertiary/aromatic N) is 1. The van der Waals surface area contributed by atoms with Crippen LogP contribution in [0.25, 0.3) is 6.08 Å². The monoisotopic (exact) mass is 470 g/mol. The first-order valence-electron chi connectivity index (χ1n) is 13.4. The molecule has 4 aliphatic rings. The molecule has 2 aliphatic heterocycles. The normalized spacial score (nSPS) is 33.4. The molecule has 0 aromatic heterocycles. The maximum atomic E-state index is 13.1. The smallest absolute Gasteiger partial charge is 0.235 e. The molecule has 2 aromatic rings. The summed E-state index contributed by atoms with van der Waals surface area (Å²) in [5.74, 6) is 1.94. The number of aryl methyl sites for hydroxylation is 1. The number of benzene rings is 2. The average Bonchev–Trinajstić information content (AvgIpc) is 3.40. The highest BCUT2D eigenvalue weighted by Crippen LogP contribution is 2.65. The summed E-state index contributed by atoms with van der Waals surface area (Å²) in [5.41, 5.74) is 13.1. The van der Waals surface area contributed by atoms with Crippen molar-refractivity contribution in [2.24, 2.45) is 17.8 Å². The van der Waals surface area contributed by atoms with Crippen molar-refractivity contribution in [2.45, 2.75) is 63.1 Å². The minimum atomic E-state index is -0.262. The molecule has 3 N–H and O–H groups in total. The molecule has 2 aromatic carbocycles. The molecule has 6 rings (SSSR count). The molecule has 0 radical (unpaired) electrons. The zero-order chi connectivity index (χ0) is 24.2. The summed E-state index contributed by atoms with van der Waals surface area (Å²) in [6.07, 6.45) is 10.2. The van der Waals surface area contributed by atoms with E-state index >= 15 is 0 Å². The Kier molecular flexibility index (Phi) is 5.82. The van der Waals surface area contributed by atoms with E-state index in [0.29, 0.717) is 29.8 Å². The Morgan fingerprint density at radius 2 is 1.86 bits per heavy atom. The molecule has 0 bridgehead atoms. The number of hydrogen-bond acceptors (Lipinski definition) is 4. The van der Waals surface area contributed by atoms with Crippen LogP contribution >= 0.6 is 0 Å². The van der Waals surface area contributed by atoms with Crippen molar-refractivity contribution in [3.8, 4) is 0 Å². The minimum absolute atomic E-state index is 0.239. The van der Waals surface area contributed by atoms with Crippen LogP contribution in [0.15, 0.2) is 48.5 Å². The third kappa shape index (κ3) is 4.04. The second kappa shape index (κ2) is 8.88. The van der Waals surface area contributed by atoms with Gasteiger partial charge in [0.1, 0.15) is 0 Å². The first kappa shape index (κ1) is 23.0. The first-order valence-corrected chi connectivity index (χ1v) is 13.4. The van der Waals surface area contributed by atoms with E-state index < -0.39 is 0 Å². The van der Waals surface area contributed by atoms with Crippen molar-refractivity contribution in [1.82, 2.24) is 15.8 Å². The van der Waals surface area contributed by atoms with E-state index in [1.165, 1.54) is 35.1 Å². The van der Waals surface area contributed by atoms with Crippen LogP contribution in [0.3, 0.4) is 0 Å². The molecule has 1 amide bonds. The number of carbonyl (C=O) groups is 1. The van der Waals surface area contributed by atoms with Crippen LogP contribution in [0.5, 0.6) is 0 Å². The van der Waals surface area contributed by atoms with Crippen LogP contribution in [-0.2, 0) is 23.2 Å². The molecule has 184 valence electrons. The lowest BCUT2D eigenvalue weighted by Crippen LogP contribution is -2.37. The van der Waals surface area contributed by atoms with Gasteiger partial charge in [0, 0.05) is 24.3 Å². The number of hydrazine groups is 1. The molecule has 1 saturated heterocycles. The van der Waals surface area contributed by atoms with Gasteiger partial charge in [-0.25, -0.2) is 0 Å². The van der Waals surface area contributed by atoms with E-state index in [9.17, 15) is 4.79 Å². The highest BCUT2D eigenvalue weighted by atomic mass is 16.2. The van der Waals surface area contributed by atoms with Crippen LogP contribution in [-0.4, -0.2) is 37.0 Å². The van der Waals surface area contributed by atoms with Crippen molar-refractivity contribution >= 4 is 17.7 Å². The summed E-state index contributed by atoms with van der Waals surface area (Å²) in [6, 6.07) is 16.3. The van der Waals surface area contributed by atoms with Crippen molar-refractivity contribution in [2.75, 3.05) is 19.4 Å². The molecule has 5 nitrogen and oxygen atoms in total. The molecular formula is C30H38N4O. The SMILES string of the molecule is CCc1ccc2c(c1)[C@]1(CC1C1CCC3C(/C=C/c4ccc(CN(C)C)cc4)NNC3C1)C(=O)N2. The Labute approximate surface area is 209 Å². The predicted molar refractivity (Wildman–Crippen MR) is 142 cm³/mol. The summed E-state index contributed by atoms with van der Waals surface area (Å²) < 4.78 is 0. The summed E-state index contributed by atoms with van der Waals surface area (Å²) >= 11 is 0. The Morgan fingerprint density at radius 3 is 2.63 bits per heavy atom. The molecule has 1 spiro atoms. The lowest BCUT2D eigenvalue weighted by Gasteiger charge is -2.33. The van der Waals surface area contributed by atoms with Crippen LogP contribution < -0.4 is 16.2 Å². The molecule has 2 saturated carbocycles. The third-order valence-electron chi connectivity index (χ3n) is 9.03. The van der Waals surface area contributed by atoms with Gasteiger partial charge in [-0.1, -0.05) is 55.5 Å². The van der Waals surface area contributed by atoms with Crippen LogP contribution in [0.1, 0.15) is 54.9 Å². The van der Waals surface area contributed by atoms with Gasteiger partial charge in [-0.15, -0.1) is 0 Å². The quantitative estimate of drug-likeness (QED) is 0.582. The van der Waals surface area contributed by atoms with Gasteiger partial charge in [0.25, 0.3) is 0 Å². The van der Waals surface area contributed by atoms with E-state index in [1.807, 2.05) is 0 Å². The number of rotatable bonds is 6. The number of carbonyl (C=O) groups excluding carboxylic acids is 1. The zero-order valence-electron chi connectivity index (χ0n) is 21.2. The summed E-state index contributed by atoms with van der Waals surface area (Å²) in [4.78, 5) is 15.3. The topological polar surface area (TPSA) is 56.4 Å². The van der Waals surface area contributed by atoms with Gasteiger partial charge in [-0.3, -0.25) is 15.6 Å². The lowest BCUT2D eigenvalue weighted by molar-refractivity contribution is -0.118. The van der Waals surface area contributed by atoms with Gasteiger partial charge in [-0.05, 0) is 92.3 Å². The number of hydrogen-bond donors (Lipinski definition) is 3. The van der Waals surface area contributed by atoms with Gasteiger partial charge in [-0.2, -0.15) is 0 Å². The maximum Gasteiger partial charge on any atom is 0.235 e. The van der Waals surface area contributed by atoms with E-state index in [2.05, 4.69) is 96.7 Å². The largest absolute Gasteiger partial charge is 0.325 e. The Hall–Kier alpha value is -2.47. The summed E-state index contributed by atoms with van der Waals surface area (Å²) in [7, 11) is 4.20. The molecular weight excluding hydrogens is 432 g/mol. The average molecular weight is 471 g/mol. The van der Waals surface area contributed by atoms with E-state index in [1.54, 1.807) is 0 Å².